The highest BCUT2D eigenvalue weighted by Crippen LogP contribution is 2.22. The van der Waals surface area contributed by atoms with Gasteiger partial charge in [-0.05, 0) is 43.3 Å². The molecule has 1 unspecified atom stereocenters. The van der Waals surface area contributed by atoms with Crippen LogP contribution in [0.4, 0.5) is 5.69 Å². The van der Waals surface area contributed by atoms with Gasteiger partial charge in [0.25, 0.3) is 5.91 Å². The van der Waals surface area contributed by atoms with Crippen molar-refractivity contribution in [1.29, 1.82) is 0 Å². The number of rotatable bonds is 3. The molecule has 18 heavy (non-hydrogen) atoms. The second-order valence-electron chi connectivity index (χ2n) is 3.82. The number of halogens is 1. The van der Waals surface area contributed by atoms with Crippen LogP contribution in [0.1, 0.15) is 28.6 Å². The molecule has 1 heterocycles. The Morgan fingerprint density at radius 3 is 2.50 bits per heavy atom. The van der Waals surface area contributed by atoms with E-state index in [-0.39, 0.29) is 22.8 Å². The number of benzene rings is 1. The number of phenolic OH excluding ortho intramolecular Hbond substituents is 1. The maximum Gasteiger partial charge on any atom is 0.291 e. The smallest absolute Gasteiger partial charge is 0.291 e. The van der Waals surface area contributed by atoms with Gasteiger partial charge in [-0.1, -0.05) is 0 Å². The summed E-state index contributed by atoms with van der Waals surface area (Å²) < 4.78 is 5.31. The maximum absolute atomic E-state index is 11.8. The molecule has 1 aromatic carbocycles. The van der Waals surface area contributed by atoms with Crippen molar-refractivity contribution in [3.05, 3.63) is 47.9 Å². The van der Waals surface area contributed by atoms with Crippen molar-refractivity contribution in [2.45, 2.75) is 12.3 Å². The number of aromatic hydroxyl groups is 1. The molecular weight excluding hydrogens is 254 g/mol. The van der Waals surface area contributed by atoms with Gasteiger partial charge in [0.2, 0.25) is 0 Å². The summed E-state index contributed by atoms with van der Waals surface area (Å²) in [5.41, 5.74) is 0.578. The van der Waals surface area contributed by atoms with E-state index < -0.39 is 0 Å². The summed E-state index contributed by atoms with van der Waals surface area (Å²) in [5.74, 6) is 0.534. The molecule has 1 aromatic heterocycles. The number of anilines is 1. The van der Waals surface area contributed by atoms with Crippen molar-refractivity contribution in [1.82, 2.24) is 0 Å². The first-order valence-electron chi connectivity index (χ1n) is 5.40. The Labute approximate surface area is 109 Å². The molecule has 1 atom stereocenters. The van der Waals surface area contributed by atoms with Crippen molar-refractivity contribution in [2.24, 2.45) is 0 Å². The zero-order chi connectivity index (χ0) is 13.1. The molecular formula is C13H12ClNO3. The van der Waals surface area contributed by atoms with E-state index >= 15 is 0 Å². The number of amides is 1. The molecule has 0 radical (unpaired) electrons. The van der Waals surface area contributed by atoms with Crippen LogP contribution in [0.5, 0.6) is 5.75 Å². The second kappa shape index (κ2) is 5.14. The lowest BCUT2D eigenvalue weighted by Crippen LogP contribution is -2.10. The van der Waals surface area contributed by atoms with Crippen LogP contribution in [-0.2, 0) is 0 Å². The lowest BCUT2D eigenvalue weighted by atomic mass is 10.3. The summed E-state index contributed by atoms with van der Waals surface area (Å²) in [6.45, 7) is 1.77. The monoisotopic (exact) mass is 265 g/mol. The van der Waals surface area contributed by atoms with Gasteiger partial charge in [0.1, 0.15) is 11.5 Å². The van der Waals surface area contributed by atoms with Crippen LogP contribution in [-0.4, -0.2) is 11.0 Å². The molecule has 0 aliphatic heterocycles. The van der Waals surface area contributed by atoms with Crippen molar-refractivity contribution < 1.29 is 14.3 Å². The minimum atomic E-state index is -0.357. The van der Waals surface area contributed by atoms with E-state index in [4.69, 9.17) is 21.1 Å². The molecule has 0 fully saturated rings. The molecule has 0 saturated heterocycles. The van der Waals surface area contributed by atoms with Crippen LogP contribution >= 0.6 is 11.6 Å². The third kappa shape index (κ3) is 2.84. The van der Waals surface area contributed by atoms with E-state index in [1.165, 1.54) is 12.1 Å². The Bertz CT molecular complexity index is 546. The Morgan fingerprint density at radius 1 is 1.28 bits per heavy atom. The predicted octanol–water partition coefficient (Wildman–Crippen LogP) is 3.54. The average molecular weight is 266 g/mol. The third-order valence-corrected chi connectivity index (χ3v) is 2.58. The SMILES string of the molecule is CC(Cl)c1ccc(C(=O)Nc2ccc(O)cc2)o1. The highest BCUT2D eigenvalue weighted by atomic mass is 35.5. The largest absolute Gasteiger partial charge is 0.508 e. The summed E-state index contributed by atoms with van der Waals surface area (Å²) in [7, 11) is 0. The number of hydrogen-bond donors (Lipinski definition) is 2. The lowest BCUT2D eigenvalue weighted by Gasteiger charge is -2.03. The van der Waals surface area contributed by atoms with Crippen LogP contribution < -0.4 is 5.32 Å². The molecule has 0 bridgehead atoms. The maximum atomic E-state index is 11.8. The van der Waals surface area contributed by atoms with Gasteiger partial charge in [-0.2, -0.15) is 0 Å². The van der Waals surface area contributed by atoms with Crippen molar-refractivity contribution in [3.63, 3.8) is 0 Å². The molecule has 2 N–H and O–H groups in total. The molecule has 2 rings (SSSR count). The van der Waals surface area contributed by atoms with Crippen LogP contribution in [0.2, 0.25) is 0 Å². The third-order valence-electron chi connectivity index (χ3n) is 2.37. The Kier molecular flexibility index (Phi) is 3.58. The number of carbonyl (C=O) groups excluding carboxylic acids is 1. The predicted molar refractivity (Wildman–Crippen MR) is 69.0 cm³/mol. The van der Waals surface area contributed by atoms with Gasteiger partial charge < -0.3 is 14.8 Å². The van der Waals surface area contributed by atoms with E-state index in [0.29, 0.717) is 11.4 Å². The van der Waals surface area contributed by atoms with Crippen LogP contribution in [0.15, 0.2) is 40.8 Å². The summed E-state index contributed by atoms with van der Waals surface area (Å²) >= 11 is 5.85. The number of alkyl halides is 1. The number of phenols is 1. The first-order chi connectivity index (χ1) is 8.56. The Hall–Kier alpha value is -1.94. The second-order valence-corrected chi connectivity index (χ2v) is 4.47. The minimum absolute atomic E-state index is 0.143. The van der Waals surface area contributed by atoms with Crippen molar-refractivity contribution in [2.75, 3.05) is 5.32 Å². The van der Waals surface area contributed by atoms with Crippen LogP contribution in [0, 0.1) is 0 Å². The van der Waals surface area contributed by atoms with E-state index in [0.717, 1.165) is 0 Å². The van der Waals surface area contributed by atoms with Gasteiger partial charge in [0.15, 0.2) is 5.76 Å². The molecule has 5 heteroatoms. The van der Waals surface area contributed by atoms with E-state index in [1.54, 1.807) is 31.2 Å². The highest BCUT2D eigenvalue weighted by molar-refractivity contribution is 6.20. The van der Waals surface area contributed by atoms with E-state index in [9.17, 15) is 4.79 Å². The number of nitrogens with one attached hydrogen (secondary N) is 1. The zero-order valence-corrected chi connectivity index (χ0v) is 10.4. The molecule has 0 spiro atoms. The molecule has 0 aliphatic rings. The van der Waals surface area contributed by atoms with Gasteiger partial charge in [-0.3, -0.25) is 4.79 Å². The van der Waals surface area contributed by atoms with Crippen molar-refractivity contribution >= 4 is 23.2 Å². The molecule has 1 amide bonds. The minimum Gasteiger partial charge on any atom is -0.508 e. The van der Waals surface area contributed by atoms with Gasteiger partial charge >= 0.3 is 0 Å². The first kappa shape index (κ1) is 12.5. The summed E-state index contributed by atoms with van der Waals surface area (Å²) in [6.07, 6.45) is 0. The van der Waals surface area contributed by atoms with Crippen molar-refractivity contribution in [3.8, 4) is 5.75 Å². The van der Waals surface area contributed by atoms with E-state index in [2.05, 4.69) is 5.32 Å². The standard InChI is InChI=1S/C13H12ClNO3/c1-8(14)11-6-7-12(18-11)13(17)15-9-2-4-10(16)5-3-9/h2-8,16H,1H3,(H,15,17). The van der Waals surface area contributed by atoms with Gasteiger partial charge in [0.05, 0.1) is 5.38 Å². The summed E-state index contributed by atoms with van der Waals surface area (Å²) in [5, 5.41) is 11.5. The quantitative estimate of drug-likeness (QED) is 0.659. The first-order valence-corrected chi connectivity index (χ1v) is 5.84. The topological polar surface area (TPSA) is 62.5 Å². The Morgan fingerprint density at radius 2 is 1.94 bits per heavy atom. The summed E-state index contributed by atoms with van der Waals surface area (Å²) in [6, 6.07) is 9.42. The molecule has 2 aromatic rings. The fraction of sp³-hybridized carbons (Fsp3) is 0.154. The zero-order valence-electron chi connectivity index (χ0n) is 9.68. The number of furan rings is 1. The van der Waals surface area contributed by atoms with Gasteiger partial charge in [-0.15, -0.1) is 11.6 Å². The van der Waals surface area contributed by atoms with Crippen LogP contribution in [0.25, 0.3) is 0 Å². The molecule has 0 aliphatic carbocycles. The van der Waals surface area contributed by atoms with Gasteiger partial charge in [0, 0.05) is 5.69 Å². The fourth-order valence-electron chi connectivity index (χ4n) is 1.43. The molecule has 0 saturated carbocycles. The molecule has 94 valence electrons. The summed E-state index contributed by atoms with van der Waals surface area (Å²) in [4.78, 5) is 11.8. The normalized spacial score (nSPS) is 12.1. The highest BCUT2D eigenvalue weighted by Gasteiger charge is 2.13. The van der Waals surface area contributed by atoms with E-state index in [1.807, 2.05) is 0 Å². The van der Waals surface area contributed by atoms with Crippen LogP contribution in [0.3, 0.4) is 0 Å². The number of carbonyl (C=O) groups is 1. The van der Waals surface area contributed by atoms with Gasteiger partial charge in [-0.25, -0.2) is 0 Å². The average Bonchev–Trinajstić information content (AvgIpc) is 2.81. The fourth-order valence-corrected chi connectivity index (χ4v) is 1.54. The number of hydrogen-bond acceptors (Lipinski definition) is 3. The molecule has 4 nitrogen and oxygen atoms in total. The Balaban J connectivity index is 2.09. The lowest BCUT2D eigenvalue weighted by molar-refractivity contribution is 0.0995.